The first kappa shape index (κ1) is 20.4. The lowest BCUT2D eigenvalue weighted by atomic mass is 10.1. The molecule has 0 unspecified atom stereocenters. The van der Waals surface area contributed by atoms with Crippen molar-refractivity contribution < 1.29 is 14.6 Å². The lowest BCUT2D eigenvalue weighted by molar-refractivity contribution is -0.385. The van der Waals surface area contributed by atoms with Gasteiger partial charge in [0.2, 0.25) is 5.95 Å². The molecule has 1 heterocycles. The van der Waals surface area contributed by atoms with Gasteiger partial charge in [0, 0.05) is 35.4 Å². The number of nitrogen functional groups attached to an aromatic ring is 1. The van der Waals surface area contributed by atoms with Crippen LogP contribution in [0.3, 0.4) is 0 Å². The Labute approximate surface area is 181 Å². The third kappa shape index (κ3) is 4.49. The second-order valence-corrected chi connectivity index (χ2v) is 6.68. The Bertz CT molecular complexity index is 1310. The molecule has 3 aromatic carbocycles. The van der Waals surface area contributed by atoms with E-state index in [0.29, 0.717) is 28.5 Å². The molecule has 0 radical (unpaired) electrons. The summed E-state index contributed by atoms with van der Waals surface area (Å²) in [4.78, 5) is 29.3. The molecule has 0 aliphatic carbocycles. The van der Waals surface area contributed by atoms with Crippen LogP contribution >= 0.6 is 0 Å². The molecule has 0 atom stereocenters. The van der Waals surface area contributed by atoms with Gasteiger partial charge in [-0.15, -0.1) is 0 Å². The highest BCUT2D eigenvalue weighted by molar-refractivity contribution is 5.70. The lowest BCUT2D eigenvalue weighted by Crippen LogP contribution is -1.99. The topological polar surface area (TPSA) is 147 Å². The predicted octanol–water partition coefficient (Wildman–Crippen LogP) is 5.00. The van der Waals surface area contributed by atoms with E-state index in [4.69, 9.17) is 10.5 Å². The third-order valence-corrected chi connectivity index (χ3v) is 4.53. The lowest BCUT2D eigenvalue weighted by Gasteiger charge is -2.08. The molecule has 0 bridgehead atoms. The molecule has 0 spiro atoms. The fourth-order valence-electron chi connectivity index (χ4n) is 3.01. The van der Waals surface area contributed by atoms with E-state index in [0.717, 1.165) is 5.56 Å². The zero-order valence-electron chi connectivity index (χ0n) is 16.4. The normalized spacial score (nSPS) is 10.5. The quantitative estimate of drug-likeness (QED) is 0.332. The van der Waals surface area contributed by atoms with Gasteiger partial charge >= 0.3 is 0 Å². The van der Waals surface area contributed by atoms with Gasteiger partial charge < -0.3 is 10.5 Å². The molecule has 2 N–H and O–H groups in total. The number of ether oxygens (including phenoxy) is 1. The number of nitrogens with zero attached hydrogens (tertiary/aromatic N) is 4. The van der Waals surface area contributed by atoms with E-state index in [1.807, 2.05) is 0 Å². The number of hydrogen-bond donors (Lipinski definition) is 1. The smallest absolute Gasteiger partial charge is 0.270 e. The number of anilines is 1. The van der Waals surface area contributed by atoms with Crippen LogP contribution in [0.1, 0.15) is 0 Å². The molecule has 4 rings (SSSR count). The van der Waals surface area contributed by atoms with Crippen molar-refractivity contribution in [3.8, 4) is 34.0 Å². The van der Waals surface area contributed by atoms with Crippen LogP contribution < -0.4 is 10.5 Å². The van der Waals surface area contributed by atoms with Crippen LogP contribution in [0.4, 0.5) is 17.3 Å². The van der Waals surface area contributed by atoms with Crippen LogP contribution in [0, 0.1) is 20.2 Å². The maximum atomic E-state index is 11.1. The van der Waals surface area contributed by atoms with Crippen LogP contribution in [0.2, 0.25) is 0 Å². The summed E-state index contributed by atoms with van der Waals surface area (Å²) in [6, 6.07) is 20.6. The van der Waals surface area contributed by atoms with E-state index >= 15 is 0 Å². The second-order valence-electron chi connectivity index (χ2n) is 6.68. The molecule has 0 amide bonds. The molecule has 32 heavy (non-hydrogen) atoms. The van der Waals surface area contributed by atoms with Crippen molar-refractivity contribution in [3.63, 3.8) is 0 Å². The first-order valence-corrected chi connectivity index (χ1v) is 9.31. The predicted molar refractivity (Wildman–Crippen MR) is 117 cm³/mol. The molecule has 0 aliphatic heterocycles. The van der Waals surface area contributed by atoms with Crippen LogP contribution in [0.5, 0.6) is 11.5 Å². The Balaban J connectivity index is 1.58. The molecular weight excluding hydrogens is 414 g/mol. The van der Waals surface area contributed by atoms with Gasteiger partial charge in [-0.05, 0) is 42.5 Å². The molecule has 0 saturated heterocycles. The number of nitrogens with two attached hydrogens (primary N) is 1. The Morgan fingerprint density at radius 2 is 1.25 bits per heavy atom. The van der Waals surface area contributed by atoms with Crippen LogP contribution in [0.25, 0.3) is 22.5 Å². The number of benzene rings is 3. The van der Waals surface area contributed by atoms with Gasteiger partial charge in [-0.25, -0.2) is 9.97 Å². The Hall–Kier alpha value is -4.86. The highest BCUT2D eigenvalue weighted by Gasteiger charge is 2.12. The molecule has 158 valence electrons. The van der Waals surface area contributed by atoms with E-state index < -0.39 is 9.85 Å². The van der Waals surface area contributed by atoms with E-state index in [1.165, 1.54) is 36.4 Å². The molecule has 1 aromatic heterocycles. The van der Waals surface area contributed by atoms with E-state index in [1.54, 1.807) is 42.5 Å². The Morgan fingerprint density at radius 1 is 0.688 bits per heavy atom. The largest absolute Gasteiger partial charge is 0.457 e. The maximum absolute atomic E-state index is 11.1. The number of aromatic nitrogens is 2. The Kier molecular flexibility index (Phi) is 5.41. The number of nitro benzene ring substituents is 2. The Morgan fingerprint density at radius 3 is 1.84 bits per heavy atom. The summed E-state index contributed by atoms with van der Waals surface area (Å²) in [5, 5.41) is 21.8. The molecule has 0 saturated carbocycles. The van der Waals surface area contributed by atoms with Gasteiger partial charge in [0.15, 0.2) is 0 Å². The number of nitro groups is 2. The van der Waals surface area contributed by atoms with Gasteiger partial charge in [0.05, 0.1) is 21.2 Å². The minimum absolute atomic E-state index is 0.0198. The zero-order chi connectivity index (χ0) is 22.7. The van der Waals surface area contributed by atoms with Gasteiger partial charge in [-0.1, -0.05) is 12.1 Å². The summed E-state index contributed by atoms with van der Waals surface area (Å²) in [6.45, 7) is 0. The molecule has 10 heteroatoms. The standard InChI is InChI=1S/C22H15N5O5/c23-22-24-20(13-21(25-22)15-2-1-3-17(12-15)27(30)31)14-4-8-18(9-5-14)32-19-10-6-16(7-11-19)26(28)29/h1-13H,(H2,23,24,25). The number of non-ortho nitro benzene ring substituents is 2. The van der Waals surface area contributed by atoms with Crippen LogP contribution in [0.15, 0.2) is 78.9 Å². The molecule has 0 fully saturated rings. The highest BCUT2D eigenvalue weighted by Crippen LogP contribution is 2.29. The first-order valence-electron chi connectivity index (χ1n) is 9.31. The van der Waals surface area contributed by atoms with E-state index in [2.05, 4.69) is 9.97 Å². The summed E-state index contributed by atoms with van der Waals surface area (Å²) in [5.41, 5.74) is 8.09. The first-order chi connectivity index (χ1) is 15.4. The monoisotopic (exact) mass is 429 g/mol. The van der Waals surface area contributed by atoms with E-state index in [-0.39, 0.29) is 17.3 Å². The van der Waals surface area contributed by atoms with Crippen molar-refractivity contribution >= 4 is 17.3 Å². The minimum Gasteiger partial charge on any atom is -0.457 e. The molecular formula is C22H15N5O5. The van der Waals surface area contributed by atoms with Crippen molar-refractivity contribution in [1.82, 2.24) is 9.97 Å². The van der Waals surface area contributed by atoms with Gasteiger partial charge in [0.25, 0.3) is 11.4 Å². The molecule has 4 aromatic rings. The fourth-order valence-corrected chi connectivity index (χ4v) is 3.01. The SMILES string of the molecule is Nc1nc(-c2ccc(Oc3ccc([N+](=O)[O-])cc3)cc2)cc(-c2cccc([N+](=O)[O-])c2)n1. The van der Waals surface area contributed by atoms with Crippen molar-refractivity contribution in [2.24, 2.45) is 0 Å². The second kappa shape index (κ2) is 8.48. The minimum atomic E-state index is -0.478. The van der Waals surface area contributed by atoms with Crippen molar-refractivity contribution in [2.75, 3.05) is 5.73 Å². The van der Waals surface area contributed by atoms with Gasteiger partial charge in [-0.3, -0.25) is 20.2 Å². The molecule has 0 aliphatic rings. The molecule has 10 nitrogen and oxygen atoms in total. The van der Waals surface area contributed by atoms with Gasteiger partial charge in [-0.2, -0.15) is 0 Å². The summed E-state index contributed by atoms with van der Waals surface area (Å²) < 4.78 is 5.71. The summed E-state index contributed by atoms with van der Waals surface area (Å²) >= 11 is 0. The zero-order valence-corrected chi connectivity index (χ0v) is 16.4. The number of rotatable bonds is 6. The third-order valence-electron chi connectivity index (χ3n) is 4.53. The summed E-state index contributed by atoms with van der Waals surface area (Å²) in [6.07, 6.45) is 0. The van der Waals surface area contributed by atoms with Crippen molar-refractivity contribution in [3.05, 3.63) is 99.1 Å². The maximum Gasteiger partial charge on any atom is 0.270 e. The highest BCUT2D eigenvalue weighted by atomic mass is 16.6. The van der Waals surface area contributed by atoms with Crippen LogP contribution in [-0.2, 0) is 0 Å². The number of hydrogen-bond acceptors (Lipinski definition) is 8. The van der Waals surface area contributed by atoms with Gasteiger partial charge in [0.1, 0.15) is 11.5 Å². The van der Waals surface area contributed by atoms with Crippen LogP contribution in [-0.4, -0.2) is 19.8 Å². The van der Waals surface area contributed by atoms with Crippen molar-refractivity contribution in [2.45, 2.75) is 0 Å². The fraction of sp³-hybridized carbons (Fsp3) is 0. The summed E-state index contributed by atoms with van der Waals surface area (Å²) in [7, 11) is 0. The van der Waals surface area contributed by atoms with Crippen molar-refractivity contribution in [1.29, 1.82) is 0 Å². The average Bonchev–Trinajstić information content (AvgIpc) is 2.79. The average molecular weight is 429 g/mol. The van der Waals surface area contributed by atoms with E-state index in [9.17, 15) is 20.2 Å². The summed E-state index contributed by atoms with van der Waals surface area (Å²) in [5.74, 6) is 1.03.